The van der Waals surface area contributed by atoms with Crippen LogP contribution < -0.4 is 4.74 Å². The van der Waals surface area contributed by atoms with Gasteiger partial charge in [0.05, 0.1) is 11.7 Å². The van der Waals surface area contributed by atoms with Gasteiger partial charge in [0, 0.05) is 30.3 Å². The first-order chi connectivity index (χ1) is 14.9. The van der Waals surface area contributed by atoms with Crippen molar-refractivity contribution in [1.82, 2.24) is 15.0 Å². The molecule has 1 aromatic carbocycles. The fraction of sp³-hybridized carbons (Fsp3) is 0.542. The second-order valence-electron chi connectivity index (χ2n) is 8.77. The number of ether oxygens (including phenoxy) is 1. The lowest BCUT2D eigenvalue weighted by Gasteiger charge is -2.38. The molecular formula is C24H31N3O4. The summed E-state index contributed by atoms with van der Waals surface area (Å²) in [6.45, 7) is 6.78. The molecule has 7 nitrogen and oxygen atoms in total. The number of hydrogen-bond donors (Lipinski definition) is 0. The van der Waals surface area contributed by atoms with Gasteiger partial charge < -0.3 is 19.1 Å². The molecular weight excluding hydrogens is 394 g/mol. The Morgan fingerprint density at radius 1 is 1.10 bits per heavy atom. The van der Waals surface area contributed by atoms with E-state index in [1.807, 2.05) is 22.8 Å². The van der Waals surface area contributed by atoms with E-state index in [-0.39, 0.29) is 36.5 Å². The lowest BCUT2D eigenvalue weighted by Crippen LogP contribution is -2.49. The molecule has 3 unspecified atom stereocenters. The first kappa shape index (κ1) is 21.4. The topological polar surface area (TPSA) is 75.9 Å². The van der Waals surface area contributed by atoms with Crippen LogP contribution in [0.5, 0.6) is 5.75 Å². The molecule has 2 fully saturated rings. The number of nitrogens with zero attached hydrogens (tertiary/aromatic N) is 3. The number of benzene rings is 1. The van der Waals surface area contributed by atoms with Crippen molar-refractivity contribution in [3.8, 4) is 5.75 Å². The number of carbonyl (C=O) groups excluding carboxylic acids is 2. The van der Waals surface area contributed by atoms with Gasteiger partial charge in [-0.2, -0.15) is 0 Å². The molecule has 0 radical (unpaired) electrons. The van der Waals surface area contributed by atoms with Crippen LogP contribution in [-0.2, 0) is 4.79 Å². The molecule has 31 heavy (non-hydrogen) atoms. The summed E-state index contributed by atoms with van der Waals surface area (Å²) >= 11 is 0. The minimum absolute atomic E-state index is 0.0149. The molecule has 3 atom stereocenters. The summed E-state index contributed by atoms with van der Waals surface area (Å²) in [5.74, 6) is 1.31. The average Bonchev–Trinajstić information content (AvgIpc) is 3.41. The molecule has 2 aliphatic heterocycles. The van der Waals surface area contributed by atoms with Crippen LogP contribution in [0, 0.1) is 6.92 Å². The van der Waals surface area contributed by atoms with E-state index in [0.717, 1.165) is 43.6 Å². The molecule has 1 aromatic heterocycles. The van der Waals surface area contributed by atoms with Gasteiger partial charge in [-0.1, -0.05) is 5.16 Å². The summed E-state index contributed by atoms with van der Waals surface area (Å²) in [5.41, 5.74) is 1.42. The Hall–Kier alpha value is -2.83. The van der Waals surface area contributed by atoms with E-state index >= 15 is 0 Å². The largest absolute Gasteiger partial charge is 0.484 e. The second kappa shape index (κ2) is 9.12. The highest BCUT2D eigenvalue weighted by molar-refractivity contribution is 5.94. The molecule has 2 amide bonds. The van der Waals surface area contributed by atoms with Crippen molar-refractivity contribution in [2.75, 3.05) is 13.2 Å². The first-order valence-electron chi connectivity index (χ1n) is 11.2. The van der Waals surface area contributed by atoms with E-state index in [4.69, 9.17) is 9.26 Å². The Labute approximate surface area is 183 Å². The first-order valence-corrected chi connectivity index (χ1v) is 11.2. The third-order valence-corrected chi connectivity index (χ3v) is 6.43. The molecule has 0 spiro atoms. The molecule has 2 aromatic rings. The molecule has 0 saturated carbocycles. The minimum Gasteiger partial charge on any atom is -0.484 e. The van der Waals surface area contributed by atoms with Crippen molar-refractivity contribution in [2.45, 2.75) is 71.0 Å². The van der Waals surface area contributed by atoms with E-state index in [1.54, 1.807) is 24.3 Å². The van der Waals surface area contributed by atoms with Gasteiger partial charge in [0.1, 0.15) is 5.75 Å². The van der Waals surface area contributed by atoms with Crippen molar-refractivity contribution in [3.63, 3.8) is 0 Å². The van der Waals surface area contributed by atoms with Gasteiger partial charge in [0.15, 0.2) is 12.4 Å². The number of carbonyl (C=O) groups is 2. The minimum atomic E-state index is -0.0734. The standard InChI is InChI=1S/C24H31N3O4/c1-16-14-22(31-25-16)21-8-5-13-26(21)24(29)19-9-11-20(12-10-19)30-15-23(28)27-17(2)6-4-7-18(27)3/h9-12,14,17-18,21H,4-8,13,15H2,1-3H3. The maximum absolute atomic E-state index is 13.1. The highest BCUT2D eigenvalue weighted by Gasteiger charge is 2.33. The molecule has 2 saturated heterocycles. The fourth-order valence-electron chi connectivity index (χ4n) is 4.84. The summed E-state index contributed by atoms with van der Waals surface area (Å²) in [7, 11) is 0. The molecule has 166 valence electrons. The van der Waals surface area contributed by atoms with Crippen molar-refractivity contribution in [3.05, 3.63) is 47.3 Å². The van der Waals surface area contributed by atoms with Crippen molar-refractivity contribution in [1.29, 1.82) is 0 Å². The van der Waals surface area contributed by atoms with Gasteiger partial charge in [0.25, 0.3) is 11.8 Å². The molecule has 0 aliphatic carbocycles. The molecule has 3 heterocycles. The maximum Gasteiger partial charge on any atom is 0.260 e. The van der Waals surface area contributed by atoms with Gasteiger partial charge in [0.2, 0.25) is 0 Å². The Morgan fingerprint density at radius 3 is 2.45 bits per heavy atom. The monoisotopic (exact) mass is 425 g/mol. The van der Waals surface area contributed by atoms with E-state index in [1.165, 1.54) is 0 Å². The maximum atomic E-state index is 13.1. The van der Waals surface area contributed by atoms with Crippen LogP contribution in [-0.4, -0.2) is 52.0 Å². The second-order valence-corrected chi connectivity index (χ2v) is 8.77. The molecule has 0 bridgehead atoms. The third-order valence-electron chi connectivity index (χ3n) is 6.43. The van der Waals surface area contributed by atoms with Crippen molar-refractivity contribution >= 4 is 11.8 Å². The summed E-state index contributed by atoms with van der Waals surface area (Å²) in [5, 5.41) is 3.96. The summed E-state index contributed by atoms with van der Waals surface area (Å²) in [4.78, 5) is 29.5. The number of hydrogen-bond acceptors (Lipinski definition) is 5. The van der Waals surface area contributed by atoms with Crippen LogP contribution in [0.25, 0.3) is 0 Å². The number of amides is 2. The lowest BCUT2D eigenvalue weighted by atomic mass is 9.97. The predicted octanol–water partition coefficient (Wildman–Crippen LogP) is 4.13. The third kappa shape index (κ3) is 4.60. The van der Waals surface area contributed by atoms with Crippen LogP contribution in [0.4, 0.5) is 0 Å². The smallest absolute Gasteiger partial charge is 0.260 e. The zero-order valence-corrected chi connectivity index (χ0v) is 18.5. The van der Waals surface area contributed by atoms with Gasteiger partial charge >= 0.3 is 0 Å². The molecule has 4 rings (SSSR count). The van der Waals surface area contributed by atoms with Crippen LogP contribution in [0.1, 0.15) is 73.8 Å². The lowest BCUT2D eigenvalue weighted by molar-refractivity contribution is -0.139. The molecule has 2 aliphatic rings. The number of piperidine rings is 1. The number of likely N-dealkylation sites (tertiary alicyclic amines) is 2. The van der Waals surface area contributed by atoms with Crippen LogP contribution in [0.15, 0.2) is 34.9 Å². The number of aromatic nitrogens is 1. The Morgan fingerprint density at radius 2 is 1.81 bits per heavy atom. The van der Waals surface area contributed by atoms with Crippen LogP contribution in [0.3, 0.4) is 0 Å². The van der Waals surface area contributed by atoms with Gasteiger partial charge in [-0.15, -0.1) is 0 Å². The molecule has 7 heteroatoms. The zero-order chi connectivity index (χ0) is 22.0. The van der Waals surface area contributed by atoms with E-state index in [2.05, 4.69) is 19.0 Å². The van der Waals surface area contributed by atoms with E-state index in [9.17, 15) is 9.59 Å². The summed E-state index contributed by atoms with van der Waals surface area (Å²) in [6, 6.07) is 9.36. The van der Waals surface area contributed by atoms with Crippen LogP contribution in [0.2, 0.25) is 0 Å². The van der Waals surface area contributed by atoms with Crippen molar-refractivity contribution < 1.29 is 18.8 Å². The zero-order valence-electron chi connectivity index (χ0n) is 18.5. The van der Waals surface area contributed by atoms with Crippen LogP contribution >= 0.6 is 0 Å². The summed E-state index contributed by atoms with van der Waals surface area (Å²) in [6.07, 6.45) is 5.05. The summed E-state index contributed by atoms with van der Waals surface area (Å²) < 4.78 is 11.1. The van der Waals surface area contributed by atoms with Crippen molar-refractivity contribution in [2.24, 2.45) is 0 Å². The Bertz CT molecular complexity index is 913. The van der Waals surface area contributed by atoms with Gasteiger partial charge in [-0.05, 0) is 77.1 Å². The predicted molar refractivity (Wildman–Crippen MR) is 116 cm³/mol. The average molecular weight is 426 g/mol. The molecule has 0 N–H and O–H groups in total. The van der Waals surface area contributed by atoms with Gasteiger partial charge in [-0.25, -0.2) is 0 Å². The van der Waals surface area contributed by atoms with Gasteiger partial charge in [-0.3, -0.25) is 9.59 Å². The number of aryl methyl sites for hydroxylation is 1. The van der Waals surface area contributed by atoms with E-state index < -0.39 is 0 Å². The SMILES string of the molecule is Cc1cc(C2CCCN2C(=O)c2ccc(OCC(=O)N3C(C)CCCC3C)cc2)on1. The highest BCUT2D eigenvalue weighted by atomic mass is 16.5. The Kier molecular flexibility index (Phi) is 6.30. The fourth-order valence-corrected chi connectivity index (χ4v) is 4.84. The quantitative estimate of drug-likeness (QED) is 0.720. The highest BCUT2D eigenvalue weighted by Crippen LogP contribution is 2.33. The van der Waals surface area contributed by atoms with E-state index in [0.29, 0.717) is 17.9 Å². The number of rotatable bonds is 5. The Balaban J connectivity index is 1.36. The normalized spacial score (nSPS) is 23.8.